The summed E-state index contributed by atoms with van der Waals surface area (Å²) in [6.07, 6.45) is 3.89. The molecular formula is C20H23N6S2+. The van der Waals surface area contributed by atoms with Crippen LogP contribution in [0.15, 0.2) is 35.4 Å². The van der Waals surface area contributed by atoms with Crippen LogP contribution >= 0.6 is 11.3 Å². The molecule has 1 aromatic carbocycles. The van der Waals surface area contributed by atoms with Gasteiger partial charge >= 0.3 is 0 Å². The predicted molar refractivity (Wildman–Crippen MR) is 117 cm³/mol. The first kappa shape index (κ1) is 18.1. The van der Waals surface area contributed by atoms with Crippen molar-refractivity contribution in [2.24, 2.45) is 0 Å². The largest absolute Gasteiger partial charge is 0.324 e. The zero-order chi connectivity index (χ0) is 18.9. The fraction of sp³-hybridized carbons (Fsp3) is 0.350. The first-order valence-electron chi connectivity index (χ1n) is 9.61. The molecule has 0 atom stereocenters. The molecule has 1 aliphatic heterocycles. The molecule has 1 saturated heterocycles. The lowest BCUT2D eigenvalue weighted by Crippen LogP contribution is -2.42. The van der Waals surface area contributed by atoms with Gasteiger partial charge in [-0.05, 0) is 43.2 Å². The van der Waals surface area contributed by atoms with Crippen LogP contribution in [-0.2, 0) is 32.0 Å². The molecule has 5 rings (SSSR count). The van der Waals surface area contributed by atoms with Crippen molar-refractivity contribution in [2.75, 3.05) is 31.5 Å². The molecule has 2 aliphatic rings. The standard InChI is InChI=1S/C20H22N6S2/c27-15-3-1-2-14(10-15)23-20-22-11-13-4-5-16-19(18(13)25-20)28-17(24-16)12-26-8-6-21-7-9-26/h1-3,10-11,21,27H,4-9,12H2,(H,22,23,25)/p+1. The lowest BCUT2D eigenvalue weighted by Gasteiger charge is -2.26. The first-order valence-corrected chi connectivity index (χ1v) is 10.9. The van der Waals surface area contributed by atoms with E-state index in [1.54, 1.807) is 11.3 Å². The van der Waals surface area contributed by atoms with E-state index in [2.05, 4.69) is 33.1 Å². The van der Waals surface area contributed by atoms with Crippen molar-refractivity contribution in [1.82, 2.24) is 25.2 Å². The lowest BCUT2D eigenvalue weighted by atomic mass is 10.00. The summed E-state index contributed by atoms with van der Waals surface area (Å²) in [4.78, 5) is 19.0. The lowest BCUT2D eigenvalue weighted by molar-refractivity contribution is 0.233. The van der Waals surface area contributed by atoms with Gasteiger partial charge in [-0.1, -0.05) is 6.07 Å². The third-order valence-corrected chi connectivity index (χ3v) is 6.54. The number of piperazine rings is 1. The van der Waals surface area contributed by atoms with Gasteiger partial charge in [0, 0.05) is 44.1 Å². The summed E-state index contributed by atoms with van der Waals surface area (Å²) in [7, 11) is 0. The molecule has 8 heteroatoms. The molecular weight excluding hydrogens is 388 g/mol. The van der Waals surface area contributed by atoms with E-state index < -0.39 is 0 Å². The number of aromatic nitrogens is 3. The fourth-order valence-corrected chi connectivity index (χ4v) is 5.14. The topological polar surface area (TPSA) is 66.0 Å². The molecule has 1 fully saturated rings. The maximum atomic E-state index is 4.94. The number of nitrogens with one attached hydrogen (secondary N) is 2. The van der Waals surface area contributed by atoms with Crippen molar-refractivity contribution in [1.29, 1.82) is 0 Å². The second-order valence-electron chi connectivity index (χ2n) is 7.18. The highest BCUT2D eigenvalue weighted by atomic mass is 32.1. The van der Waals surface area contributed by atoms with Gasteiger partial charge in [-0.15, -0.1) is 11.3 Å². The van der Waals surface area contributed by atoms with Crippen LogP contribution in [0, 0.1) is 0 Å². The van der Waals surface area contributed by atoms with Gasteiger partial charge in [0.1, 0.15) is 5.01 Å². The van der Waals surface area contributed by atoms with Crippen molar-refractivity contribution in [2.45, 2.75) is 24.3 Å². The summed E-state index contributed by atoms with van der Waals surface area (Å²) < 4.78 is 0. The van der Waals surface area contributed by atoms with E-state index in [0.717, 1.165) is 61.8 Å². The molecule has 144 valence electrons. The molecule has 0 amide bonds. The van der Waals surface area contributed by atoms with Crippen LogP contribution in [0.1, 0.15) is 16.3 Å². The highest BCUT2D eigenvalue weighted by Gasteiger charge is 2.24. The monoisotopic (exact) mass is 411 g/mol. The summed E-state index contributed by atoms with van der Waals surface area (Å²) in [6, 6.07) is 8.02. The maximum absolute atomic E-state index is 4.94. The Hall–Kier alpha value is -2.00. The van der Waals surface area contributed by atoms with Gasteiger partial charge in [0.2, 0.25) is 5.95 Å². The highest BCUT2D eigenvalue weighted by Crippen LogP contribution is 2.37. The van der Waals surface area contributed by atoms with Gasteiger partial charge in [0.25, 0.3) is 0 Å². The van der Waals surface area contributed by atoms with E-state index in [1.807, 2.05) is 30.5 Å². The molecule has 2 aromatic heterocycles. The Kier molecular flexibility index (Phi) is 5.02. The number of thiazole rings is 1. The van der Waals surface area contributed by atoms with Crippen LogP contribution in [0.4, 0.5) is 11.6 Å². The van der Waals surface area contributed by atoms with Crippen LogP contribution in [0.25, 0.3) is 10.6 Å². The van der Waals surface area contributed by atoms with Gasteiger partial charge in [-0.2, -0.15) is 0 Å². The summed E-state index contributed by atoms with van der Waals surface area (Å²) in [5, 5.41) is 7.91. The highest BCUT2D eigenvalue weighted by molar-refractivity contribution is 7.58. The number of rotatable bonds is 4. The molecule has 1 aliphatic carbocycles. The number of fused-ring (bicyclic) bond motifs is 3. The SMILES string of the molecule is [SH2+]c1cccc(Nc2ncc3c(n2)-c2sc(CN4CCNCC4)nc2CC3)c1. The number of anilines is 2. The smallest absolute Gasteiger partial charge is 0.227 e. The molecule has 3 aromatic rings. The Morgan fingerprint density at radius 3 is 2.93 bits per heavy atom. The molecule has 28 heavy (non-hydrogen) atoms. The van der Waals surface area contributed by atoms with Crippen molar-refractivity contribution >= 4 is 35.6 Å². The van der Waals surface area contributed by atoms with Crippen LogP contribution in [-0.4, -0.2) is 46.0 Å². The quantitative estimate of drug-likeness (QED) is 0.642. The molecule has 0 radical (unpaired) electrons. The Morgan fingerprint density at radius 2 is 2.07 bits per heavy atom. The minimum absolute atomic E-state index is 0.626. The average molecular weight is 412 g/mol. The predicted octanol–water partition coefficient (Wildman–Crippen LogP) is 2.22. The molecule has 6 nitrogen and oxygen atoms in total. The number of nitrogens with zero attached hydrogens (tertiary/aromatic N) is 4. The minimum atomic E-state index is 0.626. The van der Waals surface area contributed by atoms with Crippen molar-refractivity contribution in [3.8, 4) is 10.6 Å². The van der Waals surface area contributed by atoms with Crippen molar-refractivity contribution in [3.05, 3.63) is 46.7 Å². The van der Waals surface area contributed by atoms with Gasteiger partial charge in [-0.25, -0.2) is 15.0 Å². The second-order valence-corrected chi connectivity index (χ2v) is 8.84. The molecule has 3 heterocycles. The zero-order valence-electron chi connectivity index (χ0n) is 15.5. The van der Waals surface area contributed by atoms with Crippen molar-refractivity contribution < 1.29 is 0 Å². The van der Waals surface area contributed by atoms with Gasteiger partial charge in [0.15, 0.2) is 4.90 Å². The van der Waals surface area contributed by atoms with E-state index in [1.165, 1.54) is 21.1 Å². The van der Waals surface area contributed by atoms with E-state index in [0.29, 0.717) is 5.95 Å². The van der Waals surface area contributed by atoms with E-state index in [-0.39, 0.29) is 0 Å². The zero-order valence-corrected chi connectivity index (χ0v) is 17.4. The Labute approximate surface area is 173 Å². The Bertz CT molecular complexity index is 996. The summed E-state index contributed by atoms with van der Waals surface area (Å²) in [6.45, 7) is 5.23. The first-order chi connectivity index (χ1) is 13.7. The van der Waals surface area contributed by atoms with E-state index >= 15 is 0 Å². The van der Waals surface area contributed by atoms with Crippen LogP contribution in [0.3, 0.4) is 0 Å². The molecule has 0 spiro atoms. The number of benzene rings is 1. The molecule has 0 unspecified atom stereocenters. The summed E-state index contributed by atoms with van der Waals surface area (Å²) in [5.41, 5.74) is 4.41. The molecule has 0 bridgehead atoms. The molecule has 2 N–H and O–H groups in total. The summed E-state index contributed by atoms with van der Waals surface area (Å²) >= 11 is 5.35. The van der Waals surface area contributed by atoms with E-state index in [9.17, 15) is 0 Å². The average Bonchev–Trinajstić information content (AvgIpc) is 3.12. The summed E-state index contributed by atoms with van der Waals surface area (Å²) in [5.74, 6) is 0.626. The van der Waals surface area contributed by atoms with Crippen LogP contribution < -0.4 is 10.6 Å². The van der Waals surface area contributed by atoms with Gasteiger partial charge in [-0.3, -0.25) is 4.90 Å². The fourth-order valence-electron chi connectivity index (χ4n) is 3.71. The minimum Gasteiger partial charge on any atom is -0.324 e. The second kappa shape index (κ2) is 7.79. The number of aryl methyl sites for hydroxylation is 2. The maximum Gasteiger partial charge on any atom is 0.227 e. The van der Waals surface area contributed by atoms with Gasteiger partial charge in [0.05, 0.1) is 22.8 Å². The third-order valence-electron chi connectivity index (χ3n) is 5.14. The van der Waals surface area contributed by atoms with Gasteiger partial charge < -0.3 is 10.6 Å². The number of hydrogen-bond acceptors (Lipinski definition) is 7. The van der Waals surface area contributed by atoms with Crippen LogP contribution in [0.5, 0.6) is 0 Å². The molecule has 0 saturated carbocycles. The Morgan fingerprint density at radius 1 is 1.18 bits per heavy atom. The van der Waals surface area contributed by atoms with Crippen LogP contribution in [0.2, 0.25) is 0 Å². The van der Waals surface area contributed by atoms with Crippen molar-refractivity contribution in [3.63, 3.8) is 0 Å². The third kappa shape index (κ3) is 3.77. The Balaban J connectivity index is 1.41. The number of hydrogen-bond donors (Lipinski definition) is 2. The normalized spacial score (nSPS) is 16.5. The van der Waals surface area contributed by atoms with E-state index in [4.69, 9.17) is 9.97 Å².